The molecule has 0 N–H and O–H groups in total. The van der Waals surface area contributed by atoms with Crippen molar-refractivity contribution in [3.05, 3.63) is 0 Å². The summed E-state index contributed by atoms with van der Waals surface area (Å²) in [5.74, 6) is 0. The van der Waals surface area contributed by atoms with Crippen molar-refractivity contribution in [2.24, 2.45) is 0 Å². The zero-order valence-corrected chi connectivity index (χ0v) is 10.1. The van der Waals surface area contributed by atoms with Crippen molar-refractivity contribution in [2.45, 2.75) is 47.0 Å². The first-order valence-electron chi connectivity index (χ1n) is 4.95. The number of hydrogen-bond acceptors (Lipinski definition) is 3. The van der Waals surface area contributed by atoms with Gasteiger partial charge in [0.1, 0.15) is 13.2 Å². The minimum absolute atomic E-state index is 0.440. The molecular formula is C9H22O3P+. The van der Waals surface area contributed by atoms with Crippen LogP contribution in [0.25, 0.3) is 0 Å². The van der Waals surface area contributed by atoms with E-state index in [-0.39, 0.29) is 0 Å². The monoisotopic (exact) mass is 209 g/mol. The van der Waals surface area contributed by atoms with Gasteiger partial charge in [0.05, 0.1) is 0 Å². The Bertz CT molecular complexity index is 97.0. The Morgan fingerprint density at radius 1 is 0.923 bits per heavy atom. The summed E-state index contributed by atoms with van der Waals surface area (Å²) < 4.78 is 19.5. The highest BCUT2D eigenvalue weighted by molar-refractivity contribution is 7.33. The fourth-order valence-corrected chi connectivity index (χ4v) is 1.10. The van der Waals surface area contributed by atoms with Crippen LogP contribution in [0, 0.1) is 0 Å². The van der Waals surface area contributed by atoms with Crippen molar-refractivity contribution in [1.82, 2.24) is 0 Å². The Labute approximate surface area is 82.8 Å². The molecule has 13 heavy (non-hydrogen) atoms. The van der Waals surface area contributed by atoms with Crippen molar-refractivity contribution >= 4 is 8.25 Å². The molecule has 0 aromatic rings. The minimum Gasteiger partial charge on any atom is -0.119 e. The van der Waals surface area contributed by atoms with E-state index in [9.17, 15) is 4.57 Å². The van der Waals surface area contributed by atoms with Crippen LogP contribution in [0.5, 0.6) is 0 Å². The van der Waals surface area contributed by atoms with Crippen molar-refractivity contribution in [3.8, 4) is 0 Å². The summed E-state index contributed by atoms with van der Waals surface area (Å²) in [6.45, 7) is 8.84. The summed E-state index contributed by atoms with van der Waals surface area (Å²) in [6, 6.07) is 0. The van der Waals surface area contributed by atoms with Crippen molar-refractivity contribution in [1.29, 1.82) is 0 Å². The van der Waals surface area contributed by atoms with E-state index in [0.717, 1.165) is 0 Å². The summed E-state index contributed by atoms with van der Waals surface area (Å²) in [7, 11) is -1.83. The van der Waals surface area contributed by atoms with Crippen LogP contribution in [0.1, 0.15) is 47.0 Å². The highest BCUT2D eigenvalue weighted by atomic mass is 31.1. The lowest BCUT2D eigenvalue weighted by Crippen LogP contribution is -1.81. The third kappa shape index (κ3) is 18.8. The maximum absolute atomic E-state index is 10.3. The summed E-state index contributed by atoms with van der Waals surface area (Å²) >= 11 is 0. The van der Waals surface area contributed by atoms with Crippen LogP contribution in [0.4, 0.5) is 0 Å². The molecule has 3 nitrogen and oxygen atoms in total. The first-order valence-corrected chi connectivity index (χ1v) is 6.05. The largest absolute Gasteiger partial charge is 0.697 e. The molecule has 0 atom stereocenters. The second kappa shape index (κ2) is 14.5. The van der Waals surface area contributed by atoms with E-state index in [1.165, 1.54) is 19.3 Å². The third-order valence-electron chi connectivity index (χ3n) is 1.18. The smallest absolute Gasteiger partial charge is 0.119 e. The number of hydrogen-bond donors (Lipinski definition) is 0. The van der Waals surface area contributed by atoms with Crippen LogP contribution in [-0.4, -0.2) is 13.2 Å². The lowest BCUT2D eigenvalue weighted by Gasteiger charge is -1.79. The molecule has 80 valence electrons. The van der Waals surface area contributed by atoms with Gasteiger partial charge in [0, 0.05) is 4.57 Å². The minimum atomic E-state index is -1.83. The molecule has 0 saturated heterocycles. The number of unbranched alkanes of at least 4 members (excludes halogenated alkanes) is 2. The molecule has 0 aliphatic rings. The molecule has 4 heteroatoms. The van der Waals surface area contributed by atoms with E-state index in [2.05, 4.69) is 22.9 Å². The fraction of sp³-hybridized carbons (Fsp3) is 1.00. The van der Waals surface area contributed by atoms with E-state index < -0.39 is 8.25 Å². The van der Waals surface area contributed by atoms with Gasteiger partial charge in [-0.15, -0.1) is 9.05 Å². The quantitative estimate of drug-likeness (QED) is 0.622. The molecule has 0 amide bonds. The van der Waals surface area contributed by atoms with Gasteiger partial charge in [-0.05, 0) is 13.8 Å². The van der Waals surface area contributed by atoms with Gasteiger partial charge < -0.3 is 0 Å². The highest BCUT2D eigenvalue weighted by Gasteiger charge is 2.15. The van der Waals surface area contributed by atoms with Gasteiger partial charge >= 0.3 is 8.25 Å². The average molecular weight is 209 g/mol. The molecule has 0 bridgehead atoms. The molecular weight excluding hydrogens is 187 g/mol. The highest BCUT2D eigenvalue weighted by Crippen LogP contribution is 2.21. The Kier molecular flexibility index (Phi) is 17.3. The zero-order valence-electron chi connectivity index (χ0n) is 9.21. The van der Waals surface area contributed by atoms with Crippen LogP contribution in [0.3, 0.4) is 0 Å². The van der Waals surface area contributed by atoms with Gasteiger partial charge in [-0.3, -0.25) is 0 Å². The molecule has 0 aliphatic carbocycles. The SMILES string of the molecule is CCCCC.CCO[P+](=O)OCC. The topological polar surface area (TPSA) is 35.5 Å². The van der Waals surface area contributed by atoms with Gasteiger partial charge in [0.2, 0.25) is 0 Å². The summed E-state index contributed by atoms with van der Waals surface area (Å²) in [5.41, 5.74) is 0. The van der Waals surface area contributed by atoms with Gasteiger partial charge in [0.15, 0.2) is 0 Å². The second-order valence-electron chi connectivity index (χ2n) is 2.41. The summed E-state index contributed by atoms with van der Waals surface area (Å²) in [5, 5.41) is 0. The standard InChI is InChI=1S/C5H12.C4H10O3P/c1-3-5-4-2;1-3-6-8(5)7-4-2/h3-5H2,1-2H3;3-4H2,1-2H3/q;+1. The Morgan fingerprint density at radius 3 is 1.46 bits per heavy atom. The Morgan fingerprint density at radius 2 is 1.31 bits per heavy atom. The van der Waals surface area contributed by atoms with Crippen LogP contribution in [-0.2, 0) is 13.6 Å². The normalized spacial score (nSPS) is 8.92. The van der Waals surface area contributed by atoms with Crippen LogP contribution < -0.4 is 0 Å². The molecule has 0 radical (unpaired) electrons. The molecule has 0 unspecified atom stereocenters. The van der Waals surface area contributed by atoms with Crippen LogP contribution in [0.2, 0.25) is 0 Å². The van der Waals surface area contributed by atoms with Crippen LogP contribution >= 0.6 is 8.25 Å². The molecule has 0 aromatic carbocycles. The van der Waals surface area contributed by atoms with Crippen molar-refractivity contribution in [2.75, 3.05) is 13.2 Å². The Balaban J connectivity index is 0. The molecule has 0 heterocycles. The number of rotatable bonds is 6. The predicted molar refractivity (Wildman–Crippen MR) is 56.1 cm³/mol. The van der Waals surface area contributed by atoms with E-state index in [0.29, 0.717) is 13.2 Å². The fourth-order valence-electron chi connectivity index (χ4n) is 0.602. The van der Waals surface area contributed by atoms with E-state index in [1.807, 2.05) is 0 Å². The van der Waals surface area contributed by atoms with E-state index in [4.69, 9.17) is 0 Å². The van der Waals surface area contributed by atoms with Gasteiger partial charge in [-0.25, -0.2) is 0 Å². The summed E-state index contributed by atoms with van der Waals surface area (Å²) in [4.78, 5) is 0. The maximum atomic E-state index is 10.3. The molecule has 0 spiro atoms. The predicted octanol–water partition coefficient (Wildman–Crippen LogP) is 3.91. The Hall–Kier alpha value is 0.0200. The molecule has 0 aromatic heterocycles. The molecule has 0 aliphatic heterocycles. The molecule has 0 fully saturated rings. The van der Waals surface area contributed by atoms with Gasteiger partial charge in [0.25, 0.3) is 0 Å². The van der Waals surface area contributed by atoms with E-state index in [1.54, 1.807) is 13.8 Å². The molecule has 0 rings (SSSR count). The van der Waals surface area contributed by atoms with Gasteiger partial charge in [-0.2, -0.15) is 0 Å². The van der Waals surface area contributed by atoms with Crippen molar-refractivity contribution in [3.63, 3.8) is 0 Å². The van der Waals surface area contributed by atoms with E-state index >= 15 is 0 Å². The second-order valence-corrected chi connectivity index (χ2v) is 3.38. The molecule has 0 saturated carbocycles. The first kappa shape index (κ1) is 15.5. The maximum Gasteiger partial charge on any atom is 0.697 e. The zero-order chi connectivity index (χ0) is 10.5. The average Bonchev–Trinajstić information content (AvgIpc) is 2.08. The third-order valence-corrected chi connectivity index (χ3v) is 2.11. The lowest BCUT2D eigenvalue weighted by atomic mass is 10.3. The van der Waals surface area contributed by atoms with Crippen LogP contribution in [0.15, 0.2) is 0 Å². The first-order chi connectivity index (χ1) is 6.22. The lowest BCUT2D eigenvalue weighted by molar-refractivity contribution is 0.243. The summed E-state index contributed by atoms with van der Waals surface area (Å²) in [6.07, 6.45) is 4.08. The van der Waals surface area contributed by atoms with Crippen molar-refractivity contribution < 1.29 is 13.6 Å². The van der Waals surface area contributed by atoms with Gasteiger partial charge in [-0.1, -0.05) is 33.1 Å².